The maximum atomic E-state index is 11.2. The normalized spacial score (nSPS) is 19.5. The van der Waals surface area contributed by atoms with Crippen molar-refractivity contribution in [3.8, 4) is 0 Å². The molecule has 0 heterocycles. The largest absolute Gasteiger partial charge is 0.481 e. The van der Waals surface area contributed by atoms with E-state index in [1.807, 2.05) is 0 Å². The zero-order valence-electron chi connectivity index (χ0n) is 9.07. The van der Waals surface area contributed by atoms with Crippen LogP contribution in [0.5, 0.6) is 0 Å². The van der Waals surface area contributed by atoms with Crippen LogP contribution in [0.15, 0.2) is 0 Å². The molecule has 86 valence electrons. The first-order valence-corrected chi connectivity index (χ1v) is 5.45. The molecule has 1 aliphatic rings. The lowest BCUT2D eigenvalue weighted by Gasteiger charge is -2.23. The second-order valence-electron chi connectivity index (χ2n) is 4.15. The summed E-state index contributed by atoms with van der Waals surface area (Å²) >= 11 is 0. The number of esters is 1. The summed E-state index contributed by atoms with van der Waals surface area (Å²) in [5.41, 5.74) is 0. The van der Waals surface area contributed by atoms with E-state index >= 15 is 0 Å². The van der Waals surface area contributed by atoms with Gasteiger partial charge in [0.05, 0.1) is 7.11 Å². The van der Waals surface area contributed by atoms with E-state index in [1.54, 1.807) is 0 Å². The van der Waals surface area contributed by atoms with E-state index in [2.05, 4.69) is 4.74 Å². The topological polar surface area (TPSA) is 63.6 Å². The molecule has 0 amide bonds. The highest BCUT2D eigenvalue weighted by atomic mass is 16.5. The number of hydrogen-bond donors (Lipinski definition) is 1. The molecular weight excluding hydrogens is 196 g/mol. The molecule has 1 unspecified atom stereocenters. The van der Waals surface area contributed by atoms with Crippen LogP contribution in [-0.4, -0.2) is 24.2 Å². The van der Waals surface area contributed by atoms with Crippen molar-refractivity contribution >= 4 is 11.9 Å². The molecule has 4 nitrogen and oxygen atoms in total. The van der Waals surface area contributed by atoms with Gasteiger partial charge in [-0.25, -0.2) is 0 Å². The number of methoxy groups -OCH3 is 1. The van der Waals surface area contributed by atoms with E-state index in [0.29, 0.717) is 12.3 Å². The van der Waals surface area contributed by atoms with Gasteiger partial charge in [0.25, 0.3) is 0 Å². The molecule has 1 N–H and O–H groups in total. The van der Waals surface area contributed by atoms with Gasteiger partial charge < -0.3 is 9.84 Å². The summed E-state index contributed by atoms with van der Waals surface area (Å²) in [6.07, 6.45) is 6.05. The Morgan fingerprint density at radius 2 is 1.93 bits per heavy atom. The fourth-order valence-corrected chi connectivity index (χ4v) is 2.20. The third-order valence-electron chi connectivity index (χ3n) is 3.08. The molecule has 1 rings (SSSR count). The first-order valence-electron chi connectivity index (χ1n) is 5.45. The Labute approximate surface area is 89.6 Å². The summed E-state index contributed by atoms with van der Waals surface area (Å²) in [6.45, 7) is 0. The quantitative estimate of drug-likeness (QED) is 0.572. The number of hydrogen-bond acceptors (Lipinski definition) is 3. The number of carboxylic acid groups (broad SMARTS) is 1. The van der Waals surface area contributed by atoms with Crippen LogP contribution in [0, 0.1) is 11.8 Å². The van der Waals surface area contributed by atoms with Crippen molar-refractivity contribution in [2.24, 2.45) is 11.8 Å². The van der Waals surface area contributed by atoms with E-state index in [4.69, 9.17) is 5.11 Å². The Kier molecular flexibility index (Phi) is 4.59. The zero-order chi connectivity index (χ0) is 11.3. The predicted molar refractivity (Wildman–Crippen MR) is 54.3 cm³/mol. The maximum Gasteiger partial charge on any atom is 0.320 e. The van der Waals surface area contributed by atoms with Crippen molar-refractivity contribution in [2.45, 2.75) is 38.5 Å². The Morgan fingerprint density at radius 3 is 2.40 bits per heavy atom. The van der Waals surface area contributed by atoms with Crippen LogP contribution in [0.4, 0.5) is 0 Å². The van der Waals surface area contributed by atoms with Crippen molar-refractivity contribution < 1.29 is 19.4 Å². The number of rotatable bonds is 4. The molecule has 0 aromatic rings. The number of aliphatic carboxylic acids is 1. The molecule has 0 aliphatic heterocycles. The Balaban J connectivity index is 2.49. The highest BCUT2D eigenvalue weighted by Gasteiger charge is 2.30. The summed E-state index contributed by atoms with van der Waals surface area (Å²) in [5, 5.41) is 8.90. The van der Waals surface area contributed by atoms with Gasteiger partial charge in [-0.1, -0.05) is 32.1 Å². The first-order chi connectivity index (χ1) is 7.15. The van der Waals surface area contributed by atoms with Crippen LogP contribution in [0.2, 0.25) is 0 Å². The summed E-state index contributed by atoms with van der Waals surface area (Å²) in [7, 11) is 1.24. The van der Waals surface area contributed by atoms with Crippen LogP contribution in [0.3, 0.4) is 0 Å². The van der Waals surface area contributed by atoms with Gasteiger partial charge in [-0.15, -0.1) is 0 Å². The second-order valence-corrected chi connectivity index (χ2v) is 4.15. The molecule has 0 saturated heterocycles. The molecule has 4 heteroatoms. The molecular formula is C11H18O4. The average molecular weight is 214 g/mol. The third kappa shape index (κ3) is 3.53. The minimum Gasteiger partial charge on any atom is -0.481 e. The highest BCUT2D eigenvalue weighted by Crippen LogP contribution is 2.29. The first kappa shape index (κ1) is 12.0. The van der Waals surface area contributed by atoms with E-state index in [0.717, 1.165) is 25.7 Å². The number of carbonyl (C=O) groups is 2. The summed E-state index contributed by atoms with van der Waals surface area (Å²) in [6, 6.07) is 0. The summed E-state index contributed by atoms with van der Waals surface area (Å²) < 4.78 is 4.50. The van der Waals surface area contributed by atoms with Crippen LogP contribution < -0.4 is 0 Å². The van der Waals surface area contributed by atoms with Crippen LogP contribution in [0.25, 0.3) is 0 Å². The van der Waals surface area contributed by atoms with Crippen molar-refractivity contribution in [3.63, 3.8) is 0 Å². The van der Waals surface area contributed by atoms with Crippen LogP contribution in [0.1, 0.15) is 38.5 Å². The third-order valence-corrected chi connectivity index (χ3v) is 3.08. The van der Waals surface area contributed by atoms with Gasteiger partial charge in [0.15, 0.2) is 5.92 Å². The summed E-state index contributed by atoms with van der Waals surface area (Å²) in [4.78, 5) is 22.1. The van der Waals surface area contributed by atoms with Gasteiger partial charge in [-0.3, -0.25) is 9.59 Å². The maximum absolute atomic E-state index is 11.2. The number of ether oxygens (including phenoxy) is 1. The highest BCUT2D eigenvalue weighted by molar-refractivity contribution is 5.93. The molecule has 1 saturated carbocycles. The average Bonchev–Trinajstić information content (AvgIpc) is 2.26. The minimum atomic E-state index is -1.06. The van der Waals surface area contributed by atoms with Gasteiger partial charge in [-0.05, 0) is 12.3 Å². The van der Waals surface area contributed by atoms with Crippen LogP contribution in [-0.2, 0) is 14.3 Å². The van der Waals surface area contributed by atoms with Gasteiger partial charge in [-0.2, -0.15) is 0 Å². The minimum absolute atomic E-state index is 0.374. The van der Waals surface area contributed by atoms with Gasteiger partial charge in [0.1, 0.15) is 0 Å². The van der Waals surface area contributed by atoms with Gasteiger partial charge in [0.2, 0.25) is 0 Å². The second kappa shape index (κ2) is 5.73. The van der Waals surface area contributed by atoms with Crippen molar-refractivity contribution in [2.75, 3.05) is 7.11 Å². The SMILES string of the molecule is COC(=O)C(CC1CCCCC1)C(=O)O. The lowest BCUT2D eigenvalue weighted by atomic mass is 9.83. The molecule has 0 bridgehead atoms. The van der Waals surface area contributed by atoms with Crippen molar-refractivity contribution in [1.29, 1.82) is 0 Å². The van der Waals surface area contributed by atoms with E-state index in [9.17, 15) is 9.59 Å². The number of carbonyl (C=O) groups excluding carboxylic acids is 1. The van der Waals surface area contributed by atoms with Gasteiger partial charge in [0, 0.05) is 0 Å². The standard InChI is InChI=1S/C11H18O4/c1-15-11(14)9(10(12)13)7-8-5-3-2-4-6-8/h8-9H,2-7H2,1H3,(H,12,13). The fraction of sp³-hybridized carbons (Fsp3) is 0.818. The van der Waals surface area contributed by atoms with Crippen molar-refractivity contribution in [3.05, 3.63) is 0 Å². The monoisotopic (exact) mass is 214 g/mol. The Hall–Kier alpha value is -1.06. The molecule has 0 aromatic carbocycles. The smallest absolute Gasteiger partial charge is 0.320 e. The van der Waals surface area contributed by atoms with Crippen molar-refractivity contribution in [1.82, 2.24) is 0 Å². The molecule has 1 fully saturated rings. The molecule has 1 atom stereocenters. The summed E-state index contributed by atoms with van der Waals surface area (Å²) in [5.74, 6) is -2.28. The van der Waals surface area contributed by atoms with E-state index in [1.165, 1.54) is 13.5 Å². The predicted octanol–water partition coefficient (Wildman–Crippen LogP) is 1.83. The van der Waals surface area contributed by atoms with Gasteiger partial charge >= 0.3 is 11.9 Å². The molecule has 0 aromatic heterocycles. The molecule has 1 aliphatic carbocycles. The van der Waals surface area contributed by atoms with Crippen LogP contribution >= 0.6 is 0 Å². The lowest BCUT2D eigenvalue weighted by molar-refractivity contribution is -0.157. The van der Waals surface area contributed by atoms with E-state index in [-0.39, 0.29) is 0 Å². The molecule has 0 spiro atoms. The Bertz CT molecular complexity index is 231. The zero-order valence-corrected chi connectivity index (χ0v) is 9.07. The molecule has 0 radical (unpaired) electrons. The fourth-order valence-electron chi connectivity index (χ4n) is 2.20. The Morgan fingerprint density at radius 1 is 1.33 bits per heavy atom. The van der Waals surface area contributed by atoms with E-state index < -0.39 is 17.9 Å². The lowest BCUT2D eigenvalue weighted by Crippen LogP contribution is -2.28. The molecule has 15 heavy (non-hydrogen) atoms. The number of carboxylic acids is 1.